The van der Waals surface area contributed by atoms with Crippen molar-refractivity contribution in [1.82, 2.24) is 4.98 Å². The summed E-state index contributed by atoms with van der Waals surface area (Å²) in [4.78, 5) is 4.16. The number of hydrogen-bond donors (Lipinski definition) is 0. The molecule has 0 N–H and O–H groups in total. The van der Waals surface area contributed by atoms with Crippen molar-refractivity contribution in [3.05, 3.63) is 28.5 Å². The molecular formula is C14H18ClNO3S. The zero-order chi connectivity index (χ0) is 14.9. The zero-order valence-electron chi connectivity index (χ0n) is 12.0. The summed E-state index contributed by atoms with van der Waals surface area (Å²) >= 11 is 11.0. The third kappa shape index (κ3) is 3.67. The Hall–Kier alpha value is -0.750. The van der Waals surface area contributed by atoms with Crippen molar-refractivity contribution in [3.8, 4) is 0 Å². The standard InChI is InChI=1S/C14H18ClNO3S/c1-8-5-10(6-16-13(8)15)12(18-9(2)20)11-7-17-14(3,4)19-11/h5-6,11-12H,7H2,1-4H3/t11-,12?/m0/s1. The van der Waals surface area contributed by atoms with Gasteiger partial charge in [-0.3, -0.25) is 0 Å². The van der Waals surface area contributed by atoms with Gasteiger partial charge in [0, 0.05) is 18.7 Å². The van der Waals surface area contributed by atoms with Crippen LogP contribution in [0.25, 0.3) is 0 Å². The van der Waals surface area contributed by atoms with Gasteiger partial charge in [0.05, 0.1) is 6.61 Å². The molecule has 0 radical (unpaired) electrons. The molecule has 1 saturated heterocycles. The van der Waals surface area contributed by atoms with E-state index in [0.717, 1.165) is 11.1 Å². The summed E-state index contributed by atoms with van der Waals surface area (Å²) in [6, 6.07) is 1.94. The van der Waals surface area contributed by atoms with Crippen LogP contribution in [0.4, 0.5) is 0 Å². The van der Waals surface area contributed by atoms with Crippen LogP contribution in [-0.2, 0) is 14.2 Å². The monoisotopic (exact) mass is 315 g/mol. The van der Waals surface area contributed by atoms with E-state index in [1.807, 2.05) is 26.8 Å². The lowest BCUT2D eigenvalue weighted by molar-refractivity contribution is -0.150. The van der Waals surface area contributed by atoms with Crippen molar-refractivity contribution in [2.45, 2.75) is 45.7 Å². The molecule has 1 aliphatic heterocycles. The van der Waals surface area contributed by atoms with Crippen molar-refractivity contribution in [2.24, 2.45) is 0 Å². The fraction of sp³-hybridized carbons (Fsp3) is 0.571. The van der Waals surface area contributed by atoms with Gasteiger partial charge in [0.1, 0.15) is 11.3 Å². The highest BCUT2D eigenvalue weighted by molar-refractivity contribution is 7.80. The Morgan fingerprint density at radius 3 is 2.80 bits per heavy atom. The van der Waals surface area contributed by atoms with Crippen molar-refractivity contribution < 1.29 is 14.2 Å². The molecule has 1 aliphatic rings. The normalized spacial score (nSPS) is 22.6. The predicted octanol–water partition coefficient (Wildman–Crippen LogP) is 3.60. The number of aromatic nitrogens is 1. The highest BCUT2D eigenvalue weighted by Crippen LogP contribution is 2.33. The maximum Gasteiger partial charge on any atom is 0.163 e. The van der Waals surface area contributed by atoms with E-state index in [-0.39, 0.29) is 12.2 Å². The SMILES string of the molecule is CC(=S)OC(c1cnc(Cl)c(C)c1)[C@@H]1COC(C)(C)O1. The molecule has 1 unspecified atom stereocenters. The van der Waals surface area contributed by atoms with Gasteiger partial charge >= 0.3 is 0 Å². The Morgan fingerprint density at radius 1 is 1.60 bits per heavy atom. The number of rotatable bonds is 3. The molecule has 0 bridgehead atoms. The summed E-state index contributed by atoms with van der Waals surface area (Å²) < 4.78 is 17.2. The van der Waals surface area contributed by atoms with Gasteiger partial charge in [0.25, 0.3) is 0 Å². The summed E-state index contributed by atoms with van der Waals surface area (Å²) in [6.07, 6.45) is 1.11. The Labute approximate surface area is 129 Å². The van der Waals surface area contributed by atoms with Crippen LogP contribution in [0.2, 0.25) is 5.15 Å². The number of aryl methyl sites for hydroxylation is 1. The Bertz CT molecular complexity index is 521. The van der Waals surface area contributed by atoms with Gasteiger partial charge in [0.2, 0.25) is 0 Å². The minimum absolute atomic E-state index is 0.231. The van der Waals surface area contributed by atoms with Crippen molar-refractivity contribution in [1.29, 1.82) is 0 Å². The Balaban J connectivity index is 2.27. The van der Waals surface area contributed by atoms with Crippen LogP contribution < -0.4 is 0 Å². The molecule has 0 aliphatic carbocycles. The number of thiocarbonyl (C=S) groups is 1. The molecule has 1 aromatic rings. The number of hydrogen-bond acceptors (Lipinski definition) is 5. The van der Waals surface area contributed by atoms with Crippen LogP contribution in [0, 0.1) is 6.92 Å². The minimum Gasteiger partial charge on any atom is -0.477 e. The van der Waals surface area contributed by atoms with E-state index < -0.39 is 5.79 Å². The first-order valence-electron chi connectivity index (χ1n) is 6.39. The molecule has 20 heavy (non-hydrogen) atoms. The minimum atomic E-state index is -0.615. The van der Waals surface area contributed by atoms with E-state index in [2.05, 4.69) is 4.98 Å². The van der Waals surface area contributed by atoms with Gasteiger partial charge in [-0.05, 0) is 44.6 Å². The smallest absolute Gasteiger partial charge is 0.163 e. The third-order valence-corrected chi connectivity index (χ3v) is 3.52. The second kappa shape index (κ2) is 5.93. The van der Waals surface area contributed by atoms with Crippen molar-refractivity contribution in [2.75, 3.05) is 6.61 Å². The molecule has 6 heteroatoms. The Morgan fingerprint density at radius 2 is 2.30 bits per heavy atom. The first kappa shape index (κ1) is 15.6. The maximum atomic E-state index is 5.96. The van der Waals surface area contributed by atoms with E-state index in [1.54, 1.807) is 13.1 Å². The number of pyridine rings is 1. The highest BCUT2D eigenvalue weighted by Gasteiger charge is 2.39. The van der Waals surface area contributed by atoms with Gasteiger partial charge in [-0.1, -0.05) is 11.6 Å². The van der Waals surface area contributed by atoms with Gasteiger partial charge in [-0.15, -0.1) is 0 Å². The van der Waals surface area contributed by atoms with Crippen LogP contribution >= 0.6 is 23.8 Å². The summed E-state index contributed by atoms with van der Waals surface area (Å²) in [5.41, 5.74) is 1.76. The van der Waals surface area contributed by atoms with Gasteiger partial charge in [-0.2, -0.15) is 0 Å². The first-order chi connectivity index (χ1) is 9.28. The van der Waals surface area contributed by atoms with Crippen LogP contribution in [0.1, 0.15) is 38.0 Å². The van der Waals surface area contributed by atoms with E-state index in [1.165, 1.54) is 0 Å². The summed E-state index contributed by atoms with van der Waals surface area (Å²) in [5.74, 6) is -0.615. The molecular weight excluding hydrogens is 298 g/mol. The molecule has 110 valence electrons. The number of nitrogens with zero attached hydrogens (tertiary/aromatic N) is 1. The molecule has 4 nitrogen and oxygen atoms in total. The van der Waals surface area contributed by atoms with E-state index in [9.17, 15) is 0 Å². The molecule has 2 heterocycles. The number of halogens is 1. The average molecular weight is 316 g/mol. The van der Waals surface area contributed by atoms with Gasteiger partial charge in [-0.25, -0.2) is 4.98 Å². The average Bonchev–Trinajstić information content (AvgIpc) is 2.70. The summed E-state index contributed by atoms with van der Waals surface area (Å²) in [5, 5.41) is 0.936. The highest BCUT2D eigenvalue weighted by atomic mass is 35.5. The van der Waals surface area contributed by atoms with Gasteiger partial charge in [0.15, 0.2) is 16.9 Å². The van der Waals surface area contributed by atoms with E-state index in [0.29, 0.717) is 16.8 Å². The fourth-order valence-electron chi connectivity index (χ4n) is 2.14. The largest absolute Gasteiger partial charge is 0.477 e. The molecule has 0 saturated carbocycles. The van der Waals surface area contributed by atoms with Crippen LogP contribution in [0.3, 0.4) is 0 Å². The quantitative estimate of drug-likeness (QED) is 0.629. The van der Waals surface area contributed by atoms with E-state index >= 15 is 0 Å². The van der Waals surface area contributed by atoms with Crippen LogP contribution in [0.15, 0.2) is 12.3 Å². The summed E-state index contributed by atoms with van der Waals surface area (Å²) in [7, 11) is 0. The second-order valence-electron chi connectivity index (χ2n) is 5.27. The zero-order valence-corrected chi connectivity index (χ0v) is 13.5. The first-order valence-corrected chi connectivity index (χ1v) is 7.18. The lowest BCUT2D eigenvalue weighted by atomic mass is 10.1. The Kier molecular flexibility index (Phi) is 4.64. The molecule has 0 aromatic carbocycles. The fourth-order valence-corrected chi connectivity index (χ4v) is 2.34. The molecule has 1 fully saturated rings. The van der Waals surface area contributed by atoms with Crippen LogP contribution in [0.5, 0.6) is 0 Å². The third-order valence-electron chi connectivity index (χ3n) is 3.03. The topological polar surface area (TPSA) is 40.6 Å². The predicted molar refractivity (Wildman–Crippen MR) is 81.0 cm³/mol. The van der Waals surface area contributed by atoms with Crippen LogP contribution in [-0.4, -0.2) is 28.5 Å². The number of ether oxygens (including phenoxy) is 3. The maximum absolute atomic E-state index is 5.96. The second-order valence-corrected chi connectivity index (χ2v) is 6.21. The van der Waals surface area contributed by atoms with E-state index in [4.69, 9.17) is 38.0 Å². The molecule has 0 amide bonds. The lowest BCUT2D eigenvalue weighted by Gasteiger charge is -2.25. The van der Waals surface area contributed by atoms with Crippen molar-refractivity contribution >= 4 is 28.9 Å². The molecule has 0 spiro atoms. The molecule has 1 aromatic heterocycles. The lowest BCUT2D eigenvalue weighted by Crippen LogP contribution is -2.28. The molecule has 2 rings (SSSR count). The van der Waals surface area contributed by atoms with Crippen molar-refractivity contribution in [3.63, 3.8) is 0 Å². The summed E-state index contributed by atoms with van der Waals surface area (Å²) in [6.45, 7) is 7.83. The van der Waals surface area contributed by atoms with Gasteiger partial charge < -0.3 is 14.2 Å². The molecule has 2 atom stereocenters.